The molecule has 0 saturated carbocycles. The molecule has 1 aromatic carbocycles. The second-order valence-corrected chi connectivity index (χ2v) is 7.28. The topological polar surface area (TPSA) is 49.4 Å². The Morgan fingerprint density at radius 3 is 2.39 bits per heavy atom. The molecular formula is C17H23FN2O2S. The molecule has 1 fully saturated rings. The molecule has 23 heavy (non-hydrogen) atoms. The van der Waals surface area contributed by atoms with Gasteiger partial charge in [0.15, 0.2) is 0 Å². The van der Waals surface area contributed by atoms with Gasteiger partial charge in [-0.05, 0) is 42.5 Å². The third kappa shape index (κ3) is 5.86. The highest BCUT2D eigenvalue weighted by molar-refractivity contribution is 8.00. The quantitative estimate of drug-likeness (QED) is 0.898. The van der Waals surface area contributed by atoms with Crippen LogP contribution in [0.25, 0.3) is 0 Å². The fraction of sp³-hybridized carbons (Fsp3) is 0.529. The van der Waals surface area contributed by atoms with Gasteiger partial charge in [0.25, 0.3) is 0 Å². The van der Waals surface area contributed by atoms with Gasteiger partial charge in [-0.15, -0.1) is 11.8 Å². The Bertz CT molecular complexity index is 540. The van der Waals surface area contributed by atoms with E-state index in [1.54, 1.807) is 0 Å². The minimum Gasteiger partial charge on any atom is -0.341 e. The van der Waals surface area contributed by atoms with E-state index >= 15 is 0 Å². The summed E-state index contributed by atoms with van der Waals surface area (Å²) in [6.45, 7) is 5.95. The Kier molecular flexibility index (Phi) is 6.45. The first-order valence-electron chi connectivity index (χ1n) is 7.85. The fourth-order valence-electron chi connectivity index (χ4n) is 2.92. The maximum absolute atomic E-state index is 12.8. The van der Waals surface area contributed by atoms with Crippen LogP contribution in [0.1, 0.15) is 20.3 Å². The second-order valence-electron chi connectivity index (χ2n) is 6.29. The summed E-state index contributed by atoms with van der Waals surface area (Å²) in [4.78, 5) is 25.9. The van der Waals surface area contributed by atoms with E-state index in [-0.39, 0.29) is 23.4 Å². The number of piperidine rings is 1. The first kappa shape index (κ1) is 17.8. The van der Waals surface area contributed by atoms with Gasteiger partial charge in [0.2, 0.25) is 11.8 Å². The van der Waals surface area contributed by atoms with Gasteiger partial charge in [0.05, 0.1) is 11.5 Å². The highest BCUT2D eigenvalue weighted by Gasteiger charge is 2.25. The number of benzene rings is 1. The van der Waals surface area contributed by atoms with Gasteiger partial charge in [0.1, 0.15) is 5.82 Å². The molecule has 1 N–H and O–H groups in total. The first-order chi connectivity index (χ1) is 10.9. The molecule has 2 atom stereocenters. The van der Waals surface area contributed by atoms with Gasteiger partial charge in [-0.1, -0.05) is 13.8 Å². The molecule has 126 valence electrons. The molecule has 1 saturated heterocycles. The minimum absolute atomic E-state index is 0.1000. The molecule has 2 rings (SSSR count). The lowest BCUT2D eigenvalue weighted by Crippen LogP contribution is -2.43. The van der Waals surface area contributed by atoms with E-state index in [0.29, 0.717) is 23.3 Å². The number of halogens is 1. The van der Waals surface area contributed by atoms with Crippen LogP contribution in [0.3, 0.4) is 0 Å². The molecule has 1 aromatic rings. The number of rotatable bonds is 5. The molecule has 6 heteroatoms. The lowest BCUT2D eigenvalue weighted by Gasteiger charge is -2.35. The van der Waals surface area contributed by atoms with E-state index in [4.69, 9.17) is 0 Å². The number of thioether (sulfide) groups is 1. The molecule has 0 radical (unpaired) electrons. The van der Waals surface area contributed by atoms with Crippen molar-refractivity contribution < 1.29 is 14.0 Å². The Balaban J connectivity index is 1.70. The Labute approximate surface area is 140 Å². The van der Waals surface area contributed by atoms with Gasteiger partial charge in [-0.2, -0.15) is 0 Å². The number of likely N-dealkylation sites (tertiary alicyclic amines) is 1. The van der Waals surface area contributed by atoms with Gasteiger partial charge < -0.3 is 10.2 Å². The summed E-state index contributed by atoms with van der Waals surface area (Å²) >= 11 is 1.31. The summed E-state index contributed by atoms with van der Waals surface area (Å²) in [5, 5.41) is 2.69. The molecule has 2 amide bonds. The van der Waals surface area contributed by atoms with Crippen LogP contribution in [-0.2, 0) is 9.59 Å². The zero-order valence-corrected chi connectivity index (χ0v) is 14.4. The number of hydrogen-bond acceptors (Lipinski definition) is 3. The maximum Gasteiger partial charge on any atom is 0.234 e. The van der Waals surface area contributed by atoms with Crippen LogP contribution in [0.15, 0.2) is 24.3 Å². The smallest absolute Gasteiger partial charge is 0.234 e. The number of anilines is 1. The van der Waals surface area contributed by atoms with Crippen molar-refractivity contribution >= 4 is 29.3 Å². The standard InChI is InChI=1S/C17H23FN2O2S/c1-12-7-13(2)9-20(8-12)17(22)11-23-10-16(21)19-15-5-3-14(18)4-6-15/h3-6,12-13H,7-11H2,1-2H3,(H,19,21). The third-order valence-corrected chi connectivity index (χ3v) is 4.73. The van der Waals surface area contributed by atoms with Crippen molar-refractivity contribution in [3.63, 3.8) is 0 Å². The summed E-state index contributed by atoms with van der Waals surface area (Å²) in [6.07, 6.45) is 1.16. The molecule has 0 aromatic heterocycles. The molecule has 0 spiro atoms. The Morgan fingerprint density at radius 2 is 1.78 bits per heavy atom. The van der Waals surface area contributed by atoms with Crippen molar-refractivity contribution in [2.24, 2.45) is 11.8 Å². The van der Waals surface area contributed by atoms with E-state index in [0.717, 1.165) is 19.5 Å². The predicted molar refractivity (Wildman–Crippen MR) is 91.9 cm³/mol. The highest BCUT2D eigenvalue weighted by atomic mass is 32.2. The average molecular weight is 338 g/mol. The maximum atomic E-state index is 12.8. The van der Waals surface area contributed by atoms with Crippen LogP contribution < -0.4 is 5.32 Å². The molecular weight excluding hydrogens is 315 g/mol. The van der Waals surface area contributed by atoms with Crippen LogP contribution >= 0.6 is 11.8 Å². The molecule has 4 nitrogen and oxygen atoms in total. The number of carbonyl (C=O) groups is 2. The summed E-state index contributed by atoms with van der Waals surface area (Å²) in [5.41, 5.74) is 0.557. The Hall–Kier alpha value is -1.56. The zero-order chi connectivity index (χ0) is 16.8. The summed E-state index contributed by atoms with van der Waals surface area (Å²) < 4.78 is 12.8. The van der Waals surface area contributed by atoms with Crippen LogP contribution in [0.5, 0.6) is 0 Å². The molecule has 2 unspecified atom stereocenters. The molecule has 0 bridgehead atoms. The van der Waals surface area contributed by atoms with E-state index in [2.05, 4.69) is 19.2 Å². The monoisotopic (exact) mass is 338 g/mol. The van der Waals surface area contributed by atoms with Gasteiger partial charge in [0, 0.05) is 18.8 Å². The molecule has 1 aliphatic rings. The first-order valence-corrected chi connectivity index (χ1v) is 9.00. The van der Waals surface area contributed by atoms with Crippen LogP contribution in [0, 0.1) is 17.7 Å². The number of amides is 2. The van der Waals surface area contributed by atoms with Crippen molar-refractivity contribution in [2.45, 2.75) is 20.3 Å². The number of nitrogens with one attached hydrogen (secondary N) is 1. The van der Waals surface area contributed by atoms with Gasteiger partial charge >= 0.3 is 0 Å². The zero-order valence-electron chi connectivity index (χ0n) is 13.5. The highest BCUT2D eigenvalue weighted by Crippen LogP contribution is 2.21. The molecule has 1 aliphatic heterocycles. The summed E-state index contributed by atoms with van der Waals surface area (Å²) in [7, 11) is 0. The minimum atomic E-state index is -0.340. The Morgan fingerprint density at radius 1 is 1.17 bits per heavy atom. The van der Waals surface area contributed by atoms with Crippen LogP contribution in [0.2, 0.25) is 0 Å². The fourth-order valence-corrected chi connectivity index (χ4v) is 3.64. The van der Waals surface area contributed by atoms with Crippen LogP contribution in [0.4, 0.5) is 10.1 Å². The lowest BCUT2D eigenvalue weighted by atomic mass is 9.92. The van der Waals surface area contributed by atoms with Crippen molar-refractivity contribution in [1.29, 1.82) is 0 Å². The predicted octanol–water partition coefficient (Wildman–Crippen LogP) is 3.00. The van der Waals surface area contributed by atoms with Gasteiger partial charge in [-0.25, -0.2) is 4.39 Å². The van der Waals surface area contributed by atoms with Gasteiger partial charge in [-0.3, -0.25) is 9.59 Å². The SMILES string of the molecule is CC1CC(C)CN(C(=O)CSCC(=O)Nc2ccc(F)cc2)C1. The largest absolute Gasteiger partial charge is 0.341 e. The normalized spacial score (nSPS) is 21.1. The van der Waals surface area contributed by atoms with Crippen molar-refractivity contribution in [3.8, 4) is 0 Å². The van der Waals surface area contributed by atoms with Crippen molar-refractivity contribution in [1.82, 2.24) is 4.90 Å². The number of carbonyl (C=O) groups excluding carboxylic acids is 2. The van der Waals surface area contributed by atoms with E-state index in [1.807, 2.05) is 4.90 Å². The summed E-state index contributed by atoms with van der Waals surface area (Å²) in [6, 6.07) is 5.62. The van der Waals surface area contributed by atoms with E-state index in [1.165, 1.54) is 36.0 Å². The average Bonchev–Trinajstić information content (AvgIpc) is 2.48. The summed E-state index contributed by atoms with van der Waals surface area (Å²) in [5.74, 6) is 1.17. The number of hydrogen-bond donors (Lipinski definition) is 1. The second kappa shape index (κ2) is 8.34. The van der Waals surface area contributed by atoms with Crippen molar-refractivity contribution in [3.05, 3.63) is 30.1 Å². The van der Waals surface area contributed by atoms with Crippen molar-refractivity contribution in [2.75, 3.05) is 29.9 Å². The molecule has 0 aliphatic carbocycles. The van der Waals surface area contributed by atoms with E-state index in [9.17, 15) is 14.0 Å². The number of nitrogens with zero attached hydrogens (tertiary/aromatic N) is 1. The lowest BCUT2D eigenvalue weighted by molar-refractivity contribution is -0.130. The van der Waals surface area contributed by atoms with E-state index < -0.39 is 0 Å². The third-order valence-electron chi connectivity index (χ3n) is 3.81. The van der Waals surface area contributed by atoms with Crippen LogP contribution in [-0.4, -0.2) is 41.3 Å². The molecule has 1 heterocycles.